The monoisotopic (exact) mass is 234 g/mol. The van der Waals surface area contributed by atoms with E-state index in [-0.39, 0.29) is 0 Å². The quantitative estimate of drug-likeness (QED) is 0.335. The van der Waals surface area contributed by atoms with Crippen molar-refractivity contribution in [3.63, 3.8) is 0 Å². The largest absolute Gasteiger partial charge is 0.383 e. The lowest BCUT2D eigenvalue weighted by atomic mass is 10.0. The van der Waals surface area contributed by atoms with Crippen molar-refractivity contribution in [1.82, 2.24) is 0 Å². The van der Waals surface area contributed by atoms with Crippen LogP contribution in [0.25, 0.3) is 0 Å². The molecule has 1 rings (SSSR count). The van der Waals surface area contributed by atoms with Crippen molar-refractivity contribution in [2.24, 2.45) is 0 Å². The lowest BCUT2D eigenvalue weighted by Crippen LogP contribution is -1.95. The summed E-state index contributed by atoms with van der Waals surface area (Å²) >= 11 is 3.93. The number of unbranched alkanes of at least 4 members (excludes halogenated alkanes) is 2. The Bertz CT molecular complexity index is 335. The molecule has 1 atom stereocenters. The first kappa shape index (κ1) is 13.2. The zero-order chi connectivity index (χ0) is 11.8. The van der Waals surface area contributed by atoms with Crippen LogP contribution in [0.5, 0.6) is 0 Å². The summed E-state index contributed by atoms with van der Waals surface area (Å²) in [6.45, 7) is 0. The highest BCUT2D eigenvalue weighted by molar-refractivity contribution is 7.80. The van der Waals surface area contributed by atoms with Gasteiger partial charge in [-0.15, -0.1) is 19.1 Å². The summed E-state index contributed by atoms with van der Waals surface area (Å²) in [5.74, 6) is 2.61. The summed E-state index contributed by atoms with van der Waals surface area (Å²) in [7, 11) is 0. The number of aliphatic hydroxyl groups is 1. The number of aryl methyl sites for hydroxylation is 1. The summed E-state index contributed by atoms with van der Waals surface area (Å²) in [4.78, 5) is 0. The van der Waals surface area contributed by atoms with Gasteiger partial charge in [-0.3, -0.25) is 0 Å². The highest BCUT2D eigenvalue weighted by Crippen LogP contribution is 2.11. The lowest BCUT2D eigenvalue weighted by molar-refractivity contribution is 0.250. The minimum atomic E-state index is -0.463. The minimum Gasteiger partial charge on any atom is -0.383 e. The first-order valence-electron chi connectivity index (χ1n) is 5.64. The number of thiol groups is 1. The molecule has 86 valence electrons. The van der Waals surface area contributed by atoms with Crippen LogP contribution >= 0.6 is 12.6 Å². The van der Waals surface area contributed by atoms with Crippen molar-refractivity contribution >= 4 is 12.6 Å². The van der Waals surface area contributed by atoms with Crippen LogP contribution < -0.4 is 0 Å². The van der Waals surface area contributed by atoms with Gasteiger partial charge >= 0.3 is 0 Å². The van der Waals surface area contributed by atoms with Crippen molar-refractivity contribution in [3.8, 4) is 12.3 Å². The van der Waals surface area contributed by atoms with Crippen LogP contribution in [0.3, 0.4) is 0 Å². The van der Waals surface area contributed by atoms with Gasteiger partial charge < -0.3 is 5.11 Å². The first-order valence-corrected chi connectivity index (χ1v) is 6.15. The molecule has 0 saturated carbocycles. The topological polar surface area (TPSA) is 20.2 Å². The predicted octanol–water partition coefficient (Wildman–Crippen LogP) is 3.02. The fourth-order valence-electron chi connectivity index (χ4n) is 1.60. The highest BCUT2D eigenvalue weighted by atomic mass is 32.1. The Morgan fingerprint density at radius 2 is 1.88 bits per heavy atom. The average Bonchev–Trinajstić information content (AvgIpc) is 2.29. The second kappa shape index (κ2) is 7.38. The molecule has 0 aromatic heterocycles. The SMILES string of the molecule is C#Cc1ccc(CCCCCC(O)S)cc1. The van der Waals surface area contributed by atoms with E-state index >= 15 is 0 Å². The van der Waals surface area contributed by atoms with E-state index in [1.165, 1.54) is 5.56 Å². The van der Waals surface area contributed by atoms with Crippen LogP contribution in [0.2, 0.25) is 0 Å². The molecule has 0 amide bonds. The summed E-state index contributed by atoms with van der Waals surface area (Å²) in [5.41, 5.74) is 1.79. The van der Waals surface area contributed by atoms with Gasteiger partial charge in [-0.05, 0) is 37.0 Å². The second-order valence-corrected chi connectivity index (χ2v) is 4.52. The fourth-order valence-corrected chi connectivity index (χ4v) is 1.78. The van der Waals surface area contributed by atoms with Crippen molar-refractivity contribution in [3.05, 3.63) is 35.4 Å². The molecule has 0 aliphatic heterocycles. The molecule has 0 spiro atoms. The molecular formula is C14H18OS. The Hall–Kier alpha value is -0.910. The molecule has 1 N–H and O–H groups in total. The number of hydrogen-bond acceptors (Lipinski definition) is 2. The summed E-state index contributed by atoms with van der Waals surface area (Å²) in [6, 6.07) is 8.13. The maximum absolute atomic E-state index is 8.97. The Labute approximate surface area is 103 Å². The second-order valence-electron chi connectivity index (χ2n) is 3.92. The lowest BCUT2D eigenvalue weighted by Gasteiger charge is -2.04. The highest BCUT2D eigenvalue weighted by Gasteiger charge is 1.97. The molecule has 0 aliphatic carbocycles. The van der Waals surface area contributed by atoms with Gasteiger partial charge in [0.15, 0.2) is 0 Å². The van der Waals surface area contributed by atoms with Crippen molar-refractivity contribution < 1.29 is 5.11 Å². The Morgan fingerprint density at radius 1 is 1.19 bits per heavy atom. The third-order valence-corrected chi connectivity index (χ3v) is 2.81. The standard InChI is InChI=1S/C14H18OS/c1-2-12-8-10-13(11-9-12)6-4-3-5-7-14(15)16/h1,8-11,14-16H,3-7H2. The van der Waals surface area contributed by atoms with E-state index < -0.39 is 5.44 Å². The molecule has 1 nitrogen and oxygen atoms in total. The number of hydrogen-bond donors (Lipinski definition) is 2. The van der Waals surface area contributed by atoms with Crippen LogP contribution in [0.1, 0.15) is 36.8 Å². The van der Waals surface area contributed by atoms with Gasteiger partial charge in [0.25, 0.3) is 0 Å². The third kappa shape index (κ3) is 5.25. The van der Waals surface area contributed by atoms with Crippen LogP contribution in [0.15, 0.2) is 24.3 Å². The van der Waals surface area contributed by atoms with E-state index in [0.717, 1.165) is 37.7 Å². The molecule has 0 heterocycles. The van der Waals surface area contributed by atoms with Gasteiger partial charge in [0.1, 0.15) is 0 Å². The molecule has 1 aromatic carbocycles. The van der Waals surface area contributed by atoms with Gasteiger partial charge in [0.05, 0.1) is 5.44 Å². The van der Waals surface area contributed by atoms with Gasteiger partial charge in [0, 0.05) is 5.56 Å². The number of terminal acetylenes is 1. The normalized spacial score (nSPS) is 12.1. The summed E-state index contributed by atoms with van der Waals surface area (Å²) < 4.78 is 0. The molecule has 0 aliphatic rings. The molecule has 0 saturated heterocycles. The number of benzene rings is 1. The van der Waals surface area contributed by atoms with E-state index in [9.17, 15) is 0 Å². The van der Waals surface area contributed by atoms with Gasteiger partial charge in [-0.2, -0.15) is 0 Å². The van der Waals surface area contributed by atoms with Crippen LogP contribution in [0, 0.1) is 12.3 Å². The van der Waals surface area contributed by atoms with Crippen LogP contribution in [0.4, 0.5) is 0 Å². The molecule has 0 bridgehead atoms. The summed E-state index contributed by atoms with van der Waals surface area (Å²) in [5, 5.41) is 8.97. The molecule has 16 heavy (non-hydrogen) atoms. The maximum Gasteiger partial charge on any atom is 0.0964 e. The van der Waals surface area contributed by atoms with E-state index in [4.69, 9.17) is 11.5 Å². The van der Waals surface area contributed by atoms with Gasteiger partial charge in [-0.1, -0.05) is 30.9 Å². The van der Waals surface area contributed by atoms with Gasteiger partial charge in [-0.25, -0.2) is 0 Å². The molecule has 1 aromatic rings. The molecular weight excluding hydrogens is 216 g/mol. The first-order chi connectivity index (χ1) is 7.72. The van der Waals surface area contributed by atoms with E-state index in [0.29, 0.717) is 0 Å². The van der Waals surface area contributed by atoms with Crippen molar-refractivity contribution in [2.75, 3.05) is 0 Å². The zero-order valence-electron chi connectivity index (χ0n) is 9.39. The van der Waals surface area contributed by atoms with E-state index in [2.05, 4.69) is 30.7 Å². The molecule has 0 fully saturated rings. The smallest absolute Gasteiger partial charge is 0.0964 e. The van der Waals surface area contributed by atoms with Crippen LogP contribution in [-0.4, -0.2) is 10.5 Å². The predicted molar refractivity (Wildman–Crippen MR) is 71.5 cm³/mol. The van der Waals surface area contributed by atoms with E-state index in [1.54, 1.807) is 0 Å². The van der Waals surface area contributed by atoms with Crippen molar-refractivity contribution in [2.45, 2.75) is 37.5 Å². The third-order valence-electron chi connectivity index (χ3n) is 2.55. The zero-order valence-corrected chi connectivity index (χ0v) is 10.3. The average molecular weight is 234 g/mol. The Kier molecular flexibility index (Phi) is 6.07. The number of aliphatic hydroxyl groups excluding tert-OH is 1. The van der Waals surface area contributed by atoms with Gasteiger partial charge in [0.2, 0.25) is 0 Å². The van der Waals surface area contributed by atoms with Crippen LogP contribution in [-0.2, 0) is 6.42 Å². The Morgan fingerprint density at radius 3 is 2.44 bits per heavy atom. The molecule has 1 unspecified atom stereocenters. The number of rotatable bonds is 6. The van der Waals surface area contributed by atoms with Crippen molar-refractivity contribution in [1.29, 1.82) is 0 Å². The molecule has 2 heteroatoms. The summed E-state index contributed by atoms with van der Waals surface area (Å²) in [6.07, 6.45) is 10.5. The fraction of sp³-hybridized carbons (Fsp3) is 0.429. The maximum atomic E-state index is 8.97. The molecule has 0 radical (unpaired) electrons. The Balaban J connectivity index is 2.20. The minimum absolute atomic E-state index is 0.463. The van der Waals surface area contributed by atoms with E-state index in [1.807, 2.05) is 12.1 Å².